The third-order valence-electron chi connectivity index (χ3n) is 5.87. The summed E-state index contributed by atoms with van der Waals surface area (Å²) in [5.74, 6) is 1.33. The number of ether oxygens (including phenoxy) is 1. The van der Waals surface area contributed by atoms with E-state index in [2.05, 4.69) is 35.2 Å². The van der Waals surface area contributed by atoms with Gasteiger partial charge in [0.25, 0.3) is 0 Å². The van der Waals surface area contributed by atoms with Crippen LogP contribution >= 0.6 is 12.4 Å². The molecule has 2 heterocycles. The average molecular weight is 414 g/mol. The fourth-order valence-corrected chi connectivity index (χ4v) is 3.89. The lowest BCUT2D eigenvalue weighted by Crippen LogP contribution is -2.35. The first-order valence-corrected chi connectivity index (χ1v) is 10.0. The third-order valence-corrected chi connectivity index (χ3v) is 5.87. The van der Waals surface area contributed by atoms with Crippen LogP contribution in [0.15, 0.2) is 57.7 Å². The second kappa shape index (κ2) is 9.47. The van der Waals surface area contributed by atoms with Gasteiger partial charge in [-0.25, -0.2) is 4.79 Å². The first-order chi connectivity index (χ1) is 13.6. The van der Waals surface area contributed by atoms with Crippen LogP contribution in [0.1, 0.15) is 29.5 Å². The van der Waals surface area contributed by atoms with Gasteiger partial charge in [0.05, 0.1) is 6.61 Å². The normalized spacial score (nSPS) is 15.2. The molecule has 29 heavy (non-hydrogen) atoms. The van der Waals surface area contributed by atoms with E-state index in [1.54, 1.807) is 6.92 Å². The van der Waals surface area contributed by atoms with Crippen LogP contribution in [0, 0.1) is 19.8 Å². The lowest BCUT2D eigenvalue weighted by molar-refractivity contribution is 0.137. The van der Waals surface area contributed by atoms with Crippen molar-refractivity contribution in [1.29, 1.82) is 0 Å². The molecule has 0 amide bonds. The highest BCUT2D eigenvalue weighted by Crippen LogP contribution is 2.25. The van der Waals surface area contributed by atoms with Crippen molar-refractivity contribution in [3.05, 3.63) is 75.6 Å². The topological polar surface area (TPSA) is 42.7 Å². The van der Waals surface area contributed by atoms with Crippen molar-refractivity contribution in [2.75, 3.05) is 19.7 Å². The van der Waals surface area contributed by atoms with Crippen molar-refractivity contribution < 1.29 is 9.15 Å². The van der Waals surface area contributed by atoms with E-state index in [0.717, 1.165) is 49.2 Å². The highest BCUT2D eigenvalue weighted by molar-refractivity contribution is 5.85. The van der Waals surface area contributed by atoms with Crippen molar-refractivity contribution in [2.45, 2.75) is 33.2 Å². The second-order valence-electron chi connectivity index (χ2n) is 7.81. The largest absolute Gasteiger partial charge is 0.493 e. The number of halogens is 1. The number of nitrogens with zero attached hydrogens (tertiary/aromatic N) is 1. The Labute approximate surface area is 177 Å². The zero-order valence-electron chi connectivity index (χ0n) is 17.0. The van der Waals surface area contributed by atoms with Gasteiger partial charge in [-0.3, -0.25) is 4.90 Å². The summed E-state index contributed by atoms with van der Waals surface area (Å²) in [6, 6.07) is 16.4. The Bertz CT molecular complexity index is 1010. The highest BCUT2D eigenvalue weighted by atomic mass is 35.5. The van der Waals surface area contributed by atoms with Crippen LogP contribution in [0.3, 0.4) is 0 Å². The van der Waals surface area contributed by atoms with Crippen LogP contribution < -0.4 is 10.4 Å². The van der Waals surface area contributed by atoms with Crippen LogP contribution in [0.4, 0.5) is 0 Å². The average Bonchev–Trinajstić information content (AvgIpc) is 2.72. The summed E-state index contributed by atoms with van der Waals surface area (Å²) < 4.78 is 11.5. The fourth-order valence-electron chi connectivity index (χ4n) is 3.89. The molecule has 1 aromatic heterocycles. The summed E-state index contributed by atoms with van der Waals surface area (Å²) in [5, 5.41) is 0.971. The lowest BCUT2D eigenvalue weighted by atomic mass is 9.97. The van der Waals surface area contributed by atoms with Crippen molar-refractivity contribution in [3.63, 3.8) is 0 Å². The Morgan fingerprint density at radius 2 is 1.76 bits per heavy atom. The van der Waals surface area contributed by atoms with Crippen LogP contribution in [-0.4, -0.2) is 24.6 Å². The lowest BCUT2D eigenvalue weighted by Gasteiger charge is -2.31. The third kappa shape index (κ3) is 5.01. The molecule has 154 valence electrons. The van der Waals surface area contributed by atoms with Gasteiger partial charge in [0.15, 0.2) is 0 Å². The van der Waals surface area contributed by atoms with Crippen molar-refractivity contribution in [3.8, 4) is 5.75 Å². The highest BCUT2D eigenvalue weighted by Gasteiger charge is 2.20. The molecule has 0 bridgehead atoms. The summed E-state index contributed by atoms with van der Waals surface area (Å²) in [7, 11) is 0. The molecule has 3 aromatic rings. The van der Waals surface area contributed by atoms with E-state index in [1.165, 1.54) is 5.56 Å². The Morgan fingerprint density at radius 1 is 1.03 bits per heavy atom. The van der Waals surface area contributed by atoms with Crippen molar-refractivity contribution in [2.24, 2.45) is 5.92 Å². The van der Waals surface area contributed by atoms with E-state index >= 15 is 0 Å². The molecule has 1 fully saturated rings. The molecular weight excluding hydrogens is 386 g/mol. The SMILES string of the molecule is Cc1c(C)c2ccc(OCC3CCN(Cc4ccccc4)CC3)cc2oc1=O.Cl. The summed E-state index contributed by atoms with van der Waals surface area (Å²) in [4.78, 5) is 14.4. The minimum atomic E-state index is -0.270. The quantitative estimate of drug-likeness (QED) is 0.544. The molecule has 0 spiro atoms. The number of fused-ring (bicyclic) bond motifs is 1. The summed E-state index contributed by atoms with van der Waals surface area (Å²) >= 11 is 0. The van der Waals surface area contributed by atoms with E-state index in [1.807, 2.05) is 25.1 Å². The van der Waals surface area contributed by atoms with Crippen LogP contribution in [0.5, 0.6) is 5.75 Å². The molecule has 5 heteroatoms. The Balaban J connectivity index is 0.00000240. The molecule has 4 rings (SSSR count). The summed E-state index contributed by atoms with van der Waals surface area (Å²) in [6.07, 6.45) is 2.29. The monoisotopic (exact) mass is 413 g/mol. The molecular formula is C24H28ClNO3. The van der Waals surface area contributed by atoms with Crippen molar-refractivity contribution in [1.82, 2.24) is 4.90 Å². The maximum atomic E-state index is 11.9. The minimum absolute atomic E-state index is 0. The van der Waals surface area contributed by atoms with Crippen LogP contribution in [0.25, 0.3) is 11.0 Å². The van der Waals surface area contributed by atoms with Crippen LogP contribution in [-0.2, 0) is 6.54 Å². The molecule has 1 aliphatic rings. The van der Waals surface area contributed by atoms with Gasteiger partial charge in [0.1, 0.15) is 11.3 Å². The number of rotatable bonds is 5. The van der Waals surface area contributed by atoms with E-state index in [0.29, 0.717) is 23.7 Å². The predicted octanol–water partition coefficient (Wildman–Crippen LogP) is 5.12. The number of benzene rings is 2. The maximum Gasteiger partial charge on any atom is 0.339 e. The molecule has 0 aliphatic carbocycles. The predicted molar refractivity (Wildman–Crippen MR) is 119 cm³/mol. The number of aryl methyl sites for hydroxylation is 1. The minimum Gasteiger partial charge on any atom is -0.493 e. The number of likely N-dealkylation sites (tertiary alicyclic amines) is 1. The number of hydrogen-bond acceptors (Lipinski definition) is 4. The van der Waals surface area contributed by atoms with E-state index in [9.17, 15) is 4.79 Å². The van der Waals surface area contributed by atoms with Gasteiger partial charge >= 0.3 is 5.63 Å². The molecule has 4 nitrogen and oxygen atoms in total. The molecule has 0 atom stereocenters. The number of piperidine rings is 1. The molecule has 1 saturated heterocycles. The first kappa shape index (κ1) is 21.4. The fraction of sp³-hybridized carbons (Fsp3) is 0.375. The molecule has 1 aliphatic heterocycles. The van der Waals surface area contributed by atoms with Gasteiger partial charge in [0, 0.05) is 23.6 Å². The van der Waals surface area contributed by atoms with E-state index < -0.39 is 0 Å². The first-order valence-electron chi connectivity index (χ1n) is 10.0. The van der Waals surface area contributed by atoms with Gasteiger partial charge < -0.3 is 9.15 Å². The Hall–Kier alpha value is -2.30. The van der Waals surface area contributed by atoms with Gasteiger partial charge in [-0.1, -0.05) is 30.3 Å². The van der Waals surface area contributed by atoms with E-state index in [-0.39, 0.29) is 18.0 Å². The van der Waals surface area contributed by atoms with Gasteiger partial charge in [-0.05, 0) is 69.0 Å². The number of hydrogen-bond donors (Lipinski definition) is 0. The Morgan fingerprint density at radius 3 is 2.48 bits per heavy atom. The van der Waals surface area contributed by atoms with Gasteiger partial charge in [-0.15, -0.1) is 12.4 Å². The van der Waals surface area contributed by atoms with Gasteiger partial charge in [0.2, 0.25) is 0 Å². The molecule has 2 aromatic carbocycles. The summed E-state index contributed by atoms with van der Waals surface area (Å²) in [5.41, 5.74) is 3.35. The van der Waals surface area contributed by atoms with Crippen LogP contribution in [0.2, 0.25) is 0 Å². The Kier molecular flexibility index (Phi) is 6.99. The zero-order valence-corrected chi connectivity index (χ0v) is 17.8. The molecule has 0 radical (unpaired) electrons. The van der Waals surface area contributed by atoms with Crippen molar-refractivity contribution >= 4 is 23.4 Å². The maximum absolute atomic E-state index is 11.9. The summed E-state index contributed by atoms with van der Waals surface area (Å²) in [6.45, 7) is 7.70. The van der Waals surface area contributed by atoms with E-state index in [4.69, 9.17) is 9.15 Å². The molecule has 0 unspecified atom stereocenters. The zero-order chi connectivity index (χ0) is 19.5. The molecule has 0 saturated carbocycles. The smallest absolute Gasteiger partial charge is 0.339 e. The standard InChI is InChI=1S/C24H27NO3.ClH/c1-17-18(2)24(26)28-23-14-21(8-9-22(17)23)27-16-20-10-12-25(13-11-20)15-19-6-4-3-5-7-19;/h3-9,14,20H,10-13,15-16H2,1-2H3;1H. The van der Waals surface area contributed by atoms with Gasteiger partial charge in [-0.2, -0.15) is 0 Å². The second-order valence-corrected chi connectivity index (χ2v) is 7.81. The molecule has 0 N–H and O–H groups in total.